The number of carbonyl (C=O) groups excluding carboxylic acids is 1. The summed E-state index contributed by atoms with van der Waals surface area (Å²) >= 11 is 5.80. The summed E-state index contributed by atoms with van der Waals surface area (Å²) in [4.78, 5) is 13.8. The van der Waals surface area contributed by atoms with E-state index in [1.54, 1.807) is 30.1 Å². The third kappa shape index (κ3) is 3.77. The standard InChI is InChI=1S/C14H20ClNO3/c1-14(2,9-15)13(18)16(3)8-10-5-6-11(17)12(7-10)19-4/h5-7,17H,8-9H2,1-4H3. The number of alkyl halides is 1. The molecule has 0 aliphatic carbocycles. The predicted molar refractivity (Wildman–Crippen MR) is 75.6 cm³/mol. The largest absolute Gasteiger partial charge is 0.504 e. The molecule has 0 aliphatic heterocycles. The molecule has 1 amide bonds. The maximum absolute atomic E-state index is 12.2. The fraction of sp³-hybridized carbons (Fsp3) is 0.500. The van der Waals surface area contributed by atoms with Crippen molar-refractivity contribution in [3.63, 3.8) is 0 Å². The van der Waals surface area contributed by atoms with Gasteiger partial charge in [-0.15, -0.1) is 11.6 Å². The first-order chi connectivity index (χ1) is 8.81. The Kier molecular flexibility index (Phi) is 5.06. The second-order valence-electron chi connectivity index (χ2n) is 5.18. The van der Waals surface area contributed by atoms with E-state index in [0.717, 1.165) is 5.56 Å². The van der Waals surface area contributed by atoms with Crippen LogP contribution in [0.25, 0.3) is 0 Å². The summed E-state index contributed by atoms with van der Waals surface area (Å²) in [5.74, 6) is 0.737. The van der Waals surface area contributed by atoms with Crippen molar-refractivity contribution in [2.75, 3.05) is 20.0 Å². The first-order valence-electron chi connectivity index (χ1n) is 5.99. The number of rotatable bonds is 5. The van der Waals surface area contributed by atoms with Gasteiger partial charge in [0.25, 0.3) is 0 Å². The Morgan fingerprint density at radius 2 is 2.11 bits per heavy atom. The molecule has 4 nitrogen and oxygen atoms in total. The molecule has 1 aromatic carbocycles. The van der Waals surface area contributed by atoms with Crippen LogP contribution in [0.15, 0.2) is 18.2 Å². The van der Waals surface area contributed by atoms with Crippen LogP contribution in [0, 0.1) is 5.41 Å². The van der Waals surface area contributed by atoms with Crippen molar-refractivity contribution in [2.45, 2.75) is 20.4 Å². The van der Waals surface area contributed by atoms with Crippen LogP contribution in [0.2, 0.25) is 0 Å². The van der Waals surface area contributed by atoms with E-state index in [-0.39, 0.29) is 17.5 Å². The second-order valence-corrected chi connectivity index (χ2v) is 5.45. The van der Waals surface area contributed by atoms with E-state index in [1.807, 2.05) is 13.8 Å². The van der Waals surface area contributed by atoms with Gasteiger partial charge in [0.05, 0.1) is 12.5 Å². The number of methoxy groups -OCH3 is 1. The molecule has 1 aromatic rings. The van der Waals surface area contributed by atoms with Crippen molar-refractivity contribution < 1.29 is 14.6 Å². The molecule has 0 aromatic heterocycles. The van der Waals surface area contributed by atoms with Gasteiger partial charge in [-0.1, -0.05) is 6.07 Å². The SMILES string of the molecule is COc1cc(CN(C)C(=O)C(C)(C)CCl)ccc1O. The van der Waals surface area contributed by atoms with Gasteiger partial charge in [-0.25, -0.2) is 0 Å². The molecule has 0 heterocycles. The predicted octanol–water partition coefficient (Wildman–Crippen LogP) is 2.62. The highest BCUT2D eigenvalue weighted by Crippen LogP contribution is 2.27. The van der Waals surface area contributed by atoms with Crippen LogP contribution in [0.1, 0.15) is 19.4 Å². The van der Waals surface area contributed by atoms with Crippen molar-refractivity contribution >= 4 is 17.5 Å². The minimum absolute atomic E-state index is 0.0189. The molecule has 0 saturated heterocycles. The van der Waals surface area contributed by atoms with Crippen molar-refractivity contribution in [3.05, 3.63) is 23.8 Å². The zero-order chi connectivity index (χ0) is 14.6. The molecule has 0 atom stereocenters. The lowest BCUT2D eigenvalue weighted by molar-refractivity contribution is -0.138. The first kappa shape index (κ1) is 15.6. The summed E-state index contributed by atoms with van der Waals surface area (Å²) in [6, 6.07) is 5.03. The van der Waals surface area contributed by atoms with Gasteiger partial charge in [0.15, 0.2) is 11.5 Å². The van der Waals surface area contributed by atoms with E-state index in [9.17, 15) is 9.90 Å². The summed E-state index contributed by atoms with van der Waals surface area (Å²) in [7, 11) is 3.22. The van der Waals surface area contributed by atoms with Gasteiger partial charge in [0.2, 0.25) is 5.91 Å². The minimum atomic E-state index is -0.586. The van der Waals surface area contributed by atoms with E-state index in [1.165, 1.54) is 7.11 Å². The zero-order valence-corrected chi connectivity index (χ0v) is 12.5. The number of hydrogen-bond acceptors (Lipinski definition) is 3. The molecule has 5 heteroatoms. The highest BCUT2D eigenvalue weighted by Gasteiger charge is 2.29. The highest BCUT2D eigenvalue weighted by atomic mass is 35.5. The Labute approximate surface area is 118 Å². The van der Waals surface area contributed by atoms with Crippen molar-refractivity contribution in [3.8, 4) is 11.5 Å². The molecule has 0 fully saturated rings. The molecule has 1 rings (SSSR count). The lowest BCUT2D eigenvalue weighted by atomic mass is 9.94. The van der Waals surface area contributed by atoms with Crippen LogP contribution in [0.4, 0.5) is 0 Å². The number of halogens is 1. The number of nitrogens with zero attached hydrogens (tertiary/aromatic N) is 1. The Morgan fingerprint density at radius 1 is 1.47 bits per heavy atom. The normalized spacial score (nSPS) is 11.2. The van der Waals surface area contributed by atoms with Gasteiger partial charge < -0.3 is 14.7 Å². The van der Waals surface area contributed by atoms with E-state index in [2.05, 4.69) is 0 Å². The van der Waals surface area contributed by atoms with Crippen LogP contribution in [-0.4, -0.2) is 36.0 Å². The fourth-order valence-electron chi connectivity index (χ4n) is 1.74. The van der Waals surface area contributed by atoms with Gasteiger partial charge in [-0.3, -0.25) is 4.79 Å². The van der Waals surface area contributed by atoms with Crippen LogP contribution in [0.3, 0.4) is 0 Å². The lowest BCUT2D eigenvalue weighted by Gasteiger charge is -2.27. The van der Waals surface area contributed by atoms with Crippen LogP contribution in [-0.2, 0) is 11.3 Å². The summed E-state index contributed by atoms with van der Waals surface area (Å²) < 4.78 is 5.04. The number of amides is 1. The molecular formula is C14H20ClNO3. The number of phenols is 1. The highest BCUT2D eigenvalue weighted by molar-refractivity contribution is 6.19. The smallest absolute Gasteiger partial charge is 0.229 e. The Hall–Kier alpha value is -1.42. The number of aromatic hydroxyl groups is 1. The van der Waals surface area contributed by atoms with Crippen LogP contribution < -0.4 is 4.74 Å². The number of hydrogen-bond donors (Lipinski definition) is 1. The lowest BCUT2D eigenvalue weighted by Crippen LogP contribution is -2.39. The van der Waals surface area contributed by atoms with Gasteiger partial charge in [0.1, 0.15) is 0 Å². The monoisotopic (exact) mass is 285 g/mol. The molecule has 0 radical (unpaired) electrons. The quantitative estimate of drug-likeness (QED) is 0.846. The molecule has 19 heavy (non-hydrogen) atoms. The number of carbonyl (C=O) groups is 1. The molecular weight excluding hydrogens is 266 g/mol. The topological polar surface area (TPSA) is 49.8 Å². The van der Waals surface area contributed by atoms with Crippen LogP contribution in [0.5, 0.6) is 11.5 Å². The van der Waals surface area contributed by atoms with Gasteiger partial charge in [-0.05, 0) is 31.5 Å². The number of phenolic OH excluding ortho intramolecular Hbond substituents is 1. The van der Waals surface area contributed by atoms with Gasteiger partial charge in [-0.2, -0.15) is 0 Å². The molecule has 1 N–H and O–H groups in total. The van der Waals surface area contributed by atoms with Gasteiger partial charge >= 0.3 is 0 Å². The Bertz CT molecular complexity index is 460. The molecule has 0 saturated carbocycles. The molecule has 0 aliphatic rings. The molecule has 0 unspecified atom stereocenters. The Balaban J connectivity index is 2.82. The minimum Gasteiger partial charge on any atom is -0.504 e. The molecule has 106 valence electrons. The Morgan fingerprint density at radius 3 is 2.63 bits per heavy atom. The second kappa shape index (κ2) is 6.15. The maximum atomic E-state index is 12.2. The first-order valence-corrected chi connectivity index (χ1v) is 6.52. The summed E-state index contributed by atoms with van der Waals surface area (Å²) in [5, 5.41) is 9.52. The summed E-state index contributed by atoms with van der Waals surface area (Å²) in [6.45, 7) is 4.07. The van der Waals surface area contributed by atoms with E-state index in [4.69, 9.17) is 16.3 Å². The number of ether oxygens (including phenoxy) is 1. The third-order valence-corrected chi connectivity index (χ3v) is 3.59. The van der Waals surface area contributed by atoms with E-state index < -0.39 is 5.41 Å². The average molecular weight is 286 g/mol. The fourth-order valence-corrected chi connectivity index (χ4v) is 1.85. The number of benzene rings is 1. The summed E-state index contributed by atoms with van der Waals surface area (Å²) in [5.41, 5.74) is 0.299. The van der Waals surface area contributed by atoms with Crippen molar-refractivity contribution in [1.82, 2.24) is 4.90 Å². The average Bonchev–Trinajstić information content (AvgIpc) is 2.39. The van der Waals surface area contributed by atoms with Crippen LogP contribution >= 0.6 is 11.6 Å². The van der Waals surface area contributed by atoms with Crippen molar-refractivity contribution in [2.24, 2.45) is 5.41 Å². The summed E-state index contributed by atoms with van der Waals surface area (Å²) in [6.07, 6.45) is 0. The van der Waals surface area contributed by atoms with Gasteiger partial charge in [0, 0.05) is 19.5 Å². The maximum Gasteiger partial charge on any atom is 0.229 e. The van der Waals surface area contributed by atoms with E-state index in [0.29, 0.717) is 12.3 Å². The third-order valence-electron chi connectivity index (χ3n) is 2.92. The van der Waals surface area contributed by atoms with E-state index >= 15 is 0 Å². The van der Waals surface area contributed by atoms with Crippen molar-refractivity contribution in [1.29, 1.82) is 0 Å². The molecule has 0 bridgehead atoms. The zero-order valence-electron chi connectivity index (χ0n) is 11.7. The molecule has 0 spiro atoms.